The molecule has 0 fully saturated rings. The Bertz CT molecular complexity index is 800. The third-order valence-electron chi connectivity index (χ3n) is 2.52. The fourth-order valence-electron chi connectivity index (χ4n) is 1.51. The molecule has 0 aliphatic heterocycles. The Labute approximate surface area is 131 Å². The van der Waals surface area contributed by atoms with Crippen molar-refractivity contribution in [3.63, 3.8) is 0 Å². The summed E-state index contributed by atoms with van der Waals surface area (Å²) in [4.78, 5) is 10.0. The van der Waals surface area contributed by atoms with Gasteiger partial charge in [0.1, 0.15) is 4.21 Å². The summed E-state index contributed by atoms with van der Waals surface area (Å²) in [6, 6.07) is 4.50. The molecule has 21 heavy (non-hydrogen) atoms. The molecule has 0 radical (unpaired) electrons. The largest absolute Gasteiger partial charge is 0.296 e. The number of nitrogens with one attached hydrogen (secondary N) is 1. The van der Waals surface area contributed by atoms with Gasteiger partial charge in [-0.3, -0.25) is 14.8 Å². The lowest BCUT2D eigenvalue weighted by atomic mass is 10.2. The number of rotatable bonds is 4. The van der Waals surface area contributed by atoms with Gasteiger partial charge in [0.15, 0.2) is 11.5 Å². The van der Waals surface area contributed by atoms with Crippen molar-refractivity contribution in [1.29, 1.82) is 0 Å². The maximum Gasteiger partial charge on any atom is 0.296 e. The Kier molecular flexibility index (Phi) is 4.30. The molecule has 0 spiro atoms. The van der Waals surface area contributed by atoms with E-state index >= 15 is 0 Å². The van der Waals surface area contributed by atoms with Crippen LogP contribution in [0.25, 0.3) is 0 Å². The first-order valence-corrected chi connectivity index (χ1v) is 8.53. The highest BCUT2D eigenvalue weighted by Crippen LogP contribution is 2.34. The van der Waals surface area contributed by atoms with Gasteiger partial charge in [-0.15, -0.1) is 11.3 Å². The Balaban J connectivity index is 2.49. The minimum Gasteiger partial charge on any atom is -0.270 e. The highest BCUT2D eigenvalue weighted by Gasteiger charge is 2.25. The number of thiophene rings is 1. The minimum absolute atomic E-state index is 0.0653. The average molecular weight is 395 g/mol. The van der Waals surface area contributed by atoms with Gasteiger partial charge in [-0.05, 0) is 40.5 Å². The lowest BCUT2D eigenvalue weighted by Crippen LogP contribution is -2.14. The van der Waals surface area contributed by atoms with Gasteiger partial charge in [-0.25, -0.2) is 12.8 Å². The SMILES string of the molecule is Cc1cc(S(=O)(=O)Nc2c(F)cccc2[N+](=O)[O-])sc1Br. The lowest BCUT2D eigenvalue weighted by Gasteiger charge is -2.07. The first-order valence-electron chi connectivity index (χ1n) is 5.44. The standard InChI is InChI=1S/C11H8BrFN2O4S2/c1-6-5-9(20-11(6)12)21(18,19)14-10-7(13)3-2-4-8(10)15(16)17/h2-5,14H,1H3. The van der Waals surface area contributed by atoms with Crippen molar-refractivity contribution < 1.29 is 17.7 Å². The topological polar surface area (TPSA) is 89.3 Å². The number of benzene rings is 1. The molecule has 112 valence electrons. The molecule has 1 N–H and O–H groups in total. The summed E-state index contributed by atoms with van der Waals surface area (Å²) in [5.41, 5.74) is -0.626. The van der Waals surface area contributed by atoms with E-state index in [4.69, 9.17) is 0 Å². The Hall–Kier alpha value is -1.52. The number of para-hydroxylation sites is 1. The van der Waals surface area contributed by atoms with Gasteiger partial charge in [0.05, 0.1) is 8.71 Å². The monoisotopic (exact) mass is 394 g/mol. The van der Waals surface area contributed by atoms with E-state index in [0.717, 1.165) is 29.5 Å². The van der Waals surface area contributed by atoms with Crippen LogP contribution in [0.3, 0.4) is 0 Å². The number of nitro benzene ring substituents is 1. The highest BCUT2D eigenvalue weighted by atomic mass is 79.9. The Morgan fingerprint density at radius 1 is 1.43 bits per heavy atom. The molecular weight excluding hydrogens is 387 g/mol. The molecular formula is C11H8BrFN2O4S2. The van der Waals surface area contributed by atoms with Crippen molar-refractivity contribution in [2.24, 2.45) is 0 Å². The second-order valence-electron chi connectivity index (χ2n) is 4.02. The van der Waals surface area contributed by atoms with E-state index < -0.39 is 32.1 Å². The normalized spacial score (nSPS) is 11.4. The molecule has 0 saturated heterocycles. The van der Waals surface area contributed by atoms with Crippen LogP contribution in [-0.4, -0.2) is 13.3 Å². The molecule has 0 saturated carbocycles. The quantitative estimate of drug-likeness (QED) is 0.632. The van der Waals surface area contributed by atoms with E-state index in [1.165, 1.54) is 6.07 Å². The van der Waals surface area contributed by atoms with Gasteiger partial charge in [0, 0.05) is 6.07 Å². The smallest absolute Gasteiger partial charge is 0.270 e. The predicted molar refractivity (Wildman–Crippen MR) is 80.6 cm³/mol. The minimum atomic E-state index is -4.10. The van der Waals surface area contributed by atoms with Crippen LogP contribution in [0.5, 0.6) is 0 Å². The molecule has 0 aliphatic rings. The zero-order valence-corrected chi connectivity index (χ0v) is 13.7. The van der Waals surface area contributed by atoms with Crippen molar-refractivity contribution in [1.82, 2.24) is 0 Å². The molecule has 0 unspecified atom stereocenters. The Morgan fingerprint density at radius 3 is 2.62 bits per heavy atom. The summed E-state index contributed by atoms with van der Waals surface area (Å²) in [5, 5.41) is 10.9. The van der Waals surface area contributed by atoms with E-state index in [1.54, 1.807) is 6.92 Å². The Morgan fingerprint density at radius 2 is 2.10 bits per heavy atom. The van der Waals surface area contributed by atoms with Crippen molar-refractivity contribution in [2.45, 2.75) is 11.1 Å². The van der Waals surface area contributed by atoms with Gasteiger partial charge >= 0.3 is 0 Å². The van der Waals surface area contributed by atoms with Crippen LogP contribution in [0.4, 0.5) is 15.8 Å². The number of halogens is 2. The van der Waals surface area contributed by atoms with Crippen molar-refractivity contribution in [2.75, 3.05) is 4.72 Å². The van der Waals surface area contributed by atoms with Gasteiger partial charge in [0.2, 0.25) is 0 Å². The molecule has 10 heteroatoms. The zero-order chi connectivity index (χ0) is 15.8. The second kappa shape index (κ2) is 5.70. The molecule has 0 atom stereocenters. The summed E-state index contributed by atoms with van der Waals surface area (Å²) in [5.74, 6) is -1.01. The van der Waals surface area contributed by atoms with Crippen molar-refractivity contribution in [3.05, 3.63) is 49.5 Å². The maximum atomic E-state index is 13.7. The number of sulfonamides is 1. The van der Waals surface area contributed by atoms with Crippen LogP contribution in [-0.2, 0) is 10.0 Å². The maximum absolute atomic E-state index is 13.7. The van der Waals surface area contributed by atoms with Crippen LogP contribution >= 0.6 is 27.3 Å². The van der Waals surface area contributed by atoms with Gasteiger partial charge < -0.3 is 0 Å². The molecule has 6 nitrogen and oxygen atoms in total. The average Bonchev–Trinajstić information content (AvgIpc) is 2.72. The van der Waals surface area contributed by atoms with E-state index in [2.05, 4.69) is 15.9 Å². The zero-order valence-electron chi connectivity index (χ0n) is 10.5. The van der Waals surface area contributed by atoms with Gasteiger partial charge in [-0.1, -0.05) is 6.07 Å². The van der Waals surface area contributed by atoms with Crippen molar-refractivity contribution >= 4 is 48.7 Å². The molecule has 2 rings (SSSR count). The highest BCUT2D eigenvalue weighted by molar-refractivity contribution is 9.11. The van der Waals surface area contributed by atoms with E-state index in [0.29, 0.717) is 9.35 Å². The molecule has 1 aromatic heterocycles. The first kappa shape index (κ1) is 15.9. The molecule has 0 amide bonds. The number of hydrogen-bond donors (Lipinski definition) is 1. The van der Waals surface area contributed by atoms with E-state index in [9.17, 15) is 22.9 Å². The molecule has 0 aliphatic carbocycles. The number of aryl methyl sites for hydroxylation is 1. The molecule has 0 bridgehead atoms. The van der Waals surface area contributed by atoms with E-state index in [-0.39, 0.29) is 4.21 Å². The van der Waals surface area contributed by atoms with E-state index in [1.807, 2.05) is 4.72 Å². The fourth-order valence-corrected chi connectivity index (χ4v) is 4.82. The van der Waals surface area contributed by atoms with Crippen molar-refractivity contribution in [3.8, 4) is 0 Å². The van der Waals surface area contributed by atoms with Crippen LogP contribution < -0.4 is 4.72 Å². The van der Waals surface area contributed by atoms with Gasteiger partial charge in [0.25, 0.3) is 15.7 Å². The molecule has 1 aromatic carbocycles. The summed E-state index contributed by atoms with van der Waals surface area (Å²) in [7, 11) is -4.10. The predicted octanol–water partition coefficient (Wildman–Crippen LogP) is 3.67. The van der Waals surface area contributed by atoms with Crippen LogP contribution in [0.2, 0.25) is 0 Å². The fraction of sp³-hybridized carbons (Fsp3) is 0.0909. The van der Waals surface area contributed by atoms with Crippen LogP contribution in [0.1, 0.15) is 5.56 Å². The molecule has 2 aromatic rings. The second-order valence-corrected chi connectivity index (χ2v) is 8.30. The molecule has 1 heterocycles. The first-order chi connectivity index (χ1) is 9.72. The van der Waals surface area contributed by atoms with Crippen LogP contribution in [0, 0.1) is 22.9 Å². The number of hydrogen-bond acceptors (Lipinski definition) is 5. The summed E-state index contributed by atoms with van der Waals surface area (Å²) in [6.07, 6.45) is 0. The number of nitro groups is 1. The summed E-state index contributed by atoms with van der Waals surface area (Å²) in [6.45, 7) is 1.70. The third kappa shape index (κ3) is 3.22. The summed E-state index contributed by atoms with van der Waals surface area (Å²) >= 11 is 4.12. The number of anilines is 1. The summed E-state index contributed by atoms with van der Waals surface area (Å²) < 4.78 is 40.6. The lowest BCUT2D eigenvalue weighted by molar-refractivity contribution is -0.384. The number of nitrogens with zero attached hydrogens (tertiary/aromatic N) is 1. The third-order valence-corrected chi connectivity index (χ3v) is 6.48. The van der Waals surface area contributed by atoms with Crippen LogP contribution in [0.15, 0.2) is 32.3 Å². The van der Waals surface area contributed by atoms with Gasteiger partial charge in [-0.2, -0.15) is 0 Å².